The molecule has 1 saturated carbocycles. The van der Waals surface area contributed by atoms with Crippen molar-refractivity contribution in [3.8, 4) is 5.75 Å². The Hall–Kier alpha value is -1.09. The van der Waals surface area contributed by atoms with Crippen LogP contribution in [0.15, 0.2) is 18.2 Å². The summed E-state index contributed by atoms with van der Waals surface area (Å²) in [6.07, 6.45) is 5.05. The van der Waals surface area contributed by atoms with Gasteiger partial charge in [0.05, 0.1) is 6.61 Å². The Morgan fingerprint density at radius 1 is 1.38 bits per heavy atom. The molecule has 0 radical (unpaired) electrons. The molecule has 3 heteroatoms. The first-order chi connectivity index (χ1) is 7.81. The lowest BCUT2D eigenvalue weighted by Crippen LogP contribution is -2.15. The van der Waals surface area contributed by atoms with Gasteiger partial charge in [0.2, 0.25) is 0 Å². The summed E-state index contributed by atoms with van der Waals surface area (Å²) in [7, 11) is 0. The predicted molar refractivity (Wildman–Crippen MR) is 61.7 cm³/mol. The van der Waals surface area contributed by atoms with E-state index in [-0.39, 0.29) is 12.4 Å². The first-order valence-corrected chi connectivity index (χ1v) is 5.91. The molecule has 0 heterocycles. The Morgan fingerprint density at radius 2 is 2.19 bits per heavy atom. The van der Waals surface area contributed by atoms with Crippen LogP contribution in [0, 0.1) is 11.7 Å². The summed E-state index contributed by atoms with van der Waals surface area (Å²) in [5.41, 5.74) is 5.98. The molecule has 1 fully saturated rings. The van der Waals surface area contributed by atoms with Crippen molar-refractivity contribution in [2.45, 2.75) is 32.2 Å². The number of halogens is 1. The second kappa shape index (κ2) is 5.30. The summed E-state index contributed by atoms with van der Waals surface area (Å²) >= 11 is 0. The van der Waals surface area contributed by atoms with Gasteiger partial charge in [0, 0.05) is 12.1 Å². The monoisotopic (exact) mass is 223 g/mol. The molecule has 0 aromatic heterocycles. The van der Waals surface area contributed by atoms with E-state index in [1.54, 1.807) is 12.1 Å². The van der Waals surface area contributed by atoms with Crippen LogP contribution in [0.1, 0.15) is 31.2 Å². The van der Waals surface area contributed by atoms with Crippen molar-refractivity contribution in [2.75, 3.05) is 6.61 Å². The third-order valence-corrected chi connectivity index (χ3v) is 3.29. The van der Waals surface area contributed by atoms with Crippen LogP contribution < -0.4 is 10.5 Å². The standard InChI is InChI=1S/C13H18FNO/c14-12-5-2-6-13(11(12)9-15)16-8-7-10-3-1-4-10/h2,5-6,10H,1,3-4,7-9,15H2. The lowest BCUT2D eigenvalue weighted by molar-refractivity contribution is 0.220. The van der Waals surface area contributed by atoms with Gasteiger partial charge in [0.15, 0.2) is 0 Å². The lowest BCUT2D eigenvalue weighted by atomic mass is 9.83. The van der Waals surface area contributed by atoms with E-state index in [0.29, 0.717) is 17.9 Å². The Balaban J connectivity index is 1.89. The van der Waals surface area contributed by atoms with Gasteiger partial charge in [-0.05, 0) is 24.5 Å². The van der Waals surface area contributed by atoms with E-state index < -0.39 is 0 Å². The van der Waals surface area contributed by atoms with Crippen molar-refractivity contribution < 1.29 is 9.13 Å². The summed E-state index contributed by atoms with van der Waals surface area (Å²) < 4.78 is 18.9. The fourth-order valence-electron chi connectivity index (χ4n) is 1.99. The van der Waals surface area contributed by atoms with Crippen LogP contribution in [0.4, 0.5) is 4.39 Å². The van der Waals surface area contributed by atoms with Gasteiger partial charge >= 0.3 is 0 Å². The first kappa shape index (κ1) is 11.4. The van der Waals surface area contributed by atoms with Crippen molar-refractivity contribution in [1.29, 1.82) is 0 Å². The van der Waals surface area contributed by atoms with Gasteiger partial charge in [-0.25, -0.2) is 4.39 Å². The Labute approximate surface area is 95.6 Å². The number of nitrogens with two attached hydrogens (primary N) is 1. The van der Waals surface area contributed by atoms with Crippen LogP contribution in [0.2, 0.25) is 0 Å². The molecular weight excluding hydrogens is 205 g/mol. The maximum Gasteiger partial charge on any atom is 0.131 e. The van der Waals surface area contributed by atoms with Crippen molar-refractivity contribution in [2.24, 2.45) is 11.7 Å². The first-order valence-electron chi connectivity index (χ1n) is 5.91. The van der Waals surface area contributed by atoms with E-state index in [2.05, 4.69) is 0 Å². The third kappa shape index (κ3) is 2.53. The van der Waals surface area contributed by atoms with Gasteiger partial charge < -0.3 is 10.5 Å². The molecule has 1 aromatic carbocycles. The van der Waals surface area contributed by atoms with Gasteiger partial charge in [-0.3, -0.25) is 0 Å². The Bertz CT molecular complexity index is 350. The summed E-state index contributed by atoms with van der Waals surface area (Å²) in [6, 6.07) is 4.86. The van der Waals surface area contributed by atoms with Crippen LogP contribution in [-0.2, 0) is 6.54 Å². The normalized spacial score (nSPS) is 15.9. The molecule has 1 aliphatic carbocycles. The summed E-state index contributed by atoms with van der Waals surface area (Å²) in [6.45, 7) is 0.854. The van der Waals surface area contributed by atoms with Gasteiger partial charge in [-0.15, -0.1) is 0 Å². The zero-order valence-electron chi connectivity index (χ0n) is 9.42. The average molecular weight is 223 g/mol. The Kier molecular flexibility index (Phi) is 3.78. The molecule has 88 valence electrons. The molecule has 0 atom stereocenters. The minimum absolute atomic E-state index is 0.186. The molecule has 1 aromatic rings. The fourth-order valence-corrected chi connectivity index (χ4v) is 1.99. The van der Waals surface area contributed by atoms with E-state index >= 15 is 0 Å². The molecule has 2 N–H and O–H groups in total. The topological polar surface area (TPSA) is 35.2 Å². The highest BCUT2D eigenvalue weighted by Gasteiger charge is 2.17. The molecule has 2 nitrogen and oxygen atoms in total. The molecule has 16 heavy (non-hydrogen) atoms. The van der Waals surface area contributed by atoms with Crippen molar-refractivity contribution in [3.05, 3.63) is 29.6 Å². The molecule has 0 aliphatic heterocycles. The average Bonchev–Trinajstić information content (AvgIpc) is 2.22. The fraction of sp³-hybridized carbons (Fsp3) is 0.538. The van der Waals surface area contributed by atoms with Crippen molar-refractivity contribution in [1.82, 2.24) is 0 Å². The van der Waals surface area contributed by atoms with Crippen LogP contribution >= 0.6 is 0 Å². The summed E-state index contributed by atoms with van der Waals surface area (Å²) in [5, 5.41) is 0. The number of hydrogen-bond acceptors (Lipinski definition) is 2. The summed E-state index contributed by atoms with van der Waals surface area (Å²) in [4.78, 5) is 0. The predicted octanol–water partition coefficient (Wildman–Crippen LogP) is 2.85. The van der Waals surface area contributed by atoms with Crippen LogP contribution in [0.25, 0.3) is 0 Å². The zero-order chi connectivity index (χ0) is 11.4. The SMILES string of the molecule is NCc1c(F)cccc1OCCC1CCC1. The van der Waals surface area contributed by atoms with Crippen molar-refractivity contribution >= 4 is 0 Å². The largest absolute Gasteiger partial charge is 0.493 e. The highest BCUT2D eigenvalue weighted by molar-refractivity contribution is 5.34. The second-order valence-corrected chi connectivity index (χ2v) is 4.35. The quantitative estimate of drug-likeness (QED) is 0.833. The lowest BCUT2D eigenvalue weighted by Gasteiger charge is -2.25. The maximum atomic E-state index is 13.4. The molecule has 0 saturated heterocycles. The van der Waals surface area contributed by atoms with E-state index in [9.17, 15) is 4.39 Å². The molecular formula is C13H18FNO. The van der Waals surface area contributed by atoms with Crippen LogP contribution in [-0.4, -0.2) is 6.61 Å². The highest BCUT2D eigenvalue weighted by atomic mass is 19.1. The van der Waals surface area contributed by atoms with E-state index in [1.807, 2.05) is 0 Å². The van der Waals surface area contributed by atoms with Crippen LogP contribution in [0.5, 0.6) is 5.75 Å². The van der Waals surface area contributed by atoms with E-state index in [4.69, 9.17) is 10.5 Å². The minimum Gasteiger partial charge on any atom is -0.493 e. The molecule has 0 unspecified atom stereocenters. The molecule has 0 amide bonds. The molecule has 1 aliphatic rings. The smallest absolute Gasteiger partial charge is 0.131 e. The number of rotatable bonds is 5. The van der Waals surface area contributed by atoms with Gasteiger partial charge in [-0.1, -0.05) is 25.3 Å². The van der Waals surface area contributed by atoms with E-state index in [0.717, 1.165) is 12.3 Å². The van der Waals surface area contributed by atoms with Crippen molar-refractivity contribution in [3.63, 3.8) is 0 Å². The van der Waals surface area contributed by atoms with Gasteiger partial charge in [-0.2, -0.15) is 0 Å². The number of ether oxygens (including phenoxy) is 1. The molecule has 0 spiro atoms. The van der Waals surface area contributed by atoms with Gasteiger partial charge in [0.25, 0.3) is 0 Å². The molecule has 2 rings (SSSR count). The third-order valence-electron chi connectivity index (χ3n) is 3.29. The Morgan fingerprint density at radius 3 is 2.81 bits per heavy atom. The maximum absolute atomic E-state index is 13.4. The second-order valence-electron chi connectivity index (χ2n) is 4.35. The highest BCUT2D eigenvalue weighted by Crippen LogP contribution is 2.29. The van der Waals surface area contributed by atoms with Gasteiger partial charge in [0.1, 0.15) is 11.6 Å². The summed E-state index contributed by atoms with van der Waals surface area (Å²) in [5.74, 6) is 1.14. The zero-order valence-corrected chi connectivity index (χ0v) is 9.42. The minimum atomic E-state index is -0.274. The number of benzene rings is 1. The number of hydrogen-bond donors (Lipinski definition) is 1. The molecule has 0 bridgehead atoms. The van der Waals surface area contributed by atoms with Crippen LogP contribution in [0.3, 0.4) is 0 Å². The van der Waals surface area contributed by atoms with E-state index in [1.165, 1.54) is 25.3 Å².